The highest BCUT2D eigenvalue weighted by Gasteiger charge is 2.10. The van der Waals surface area contributed by atoms with Crippen LogP contribution in [0.3, 0.4) is 0 Å². The van der Waals surface area contributed by atoms with Gasteiger partial charge in [0, 0.05) is 17.8 Å². The third-order valence-electron chi connectivity index (χ3n) is 2.51. The maximum Gasteiger partial charge on any atom is 0.220 e. The fraction of sp³-hybridized carbons (Fsp3) is 0.583. The fourth-order valence-corrected chi connectivity index (χ4v) is 2.35. The molecule has 3 nitrogen and oxygen atoms in total. The van der Waals surface area contributed by atoms with Crippen LogP contribution in [0.5, 0.6) is 0 Å². The van der Waals surface area contributed by atoms with Crippen LogP contribution in [0, 0.1) is 5.92 Å². The number of nitrogens with one attached hydrogen (secondary N) is 1. The van der Waals surface area contributed by atoms with Crippen LogP contribution >= 0.6 is 22.9 Å². The number of hydrogen-bond donors (Lipinski definition) is 2. The molecule has 1 aromatic heterocycles. The van der Waals surface area contributed by atoms with E-state index in [1.54, 1.807) is 0 Å². The first-order chi connectivity index (χ1) is 7.99. The number of aryl methyl sites for hydroxylation is 1. The molecule has 96 valence electrons. The first-order valence-electron chi connectivity index (χ1n) is 5.68. The van der Waals surface area contributed by atoms with Crippen LogP contribution in [0.4, 0.5) is 0 Å². The molecule has 0 aromatic carbocycles. The van der Waals surface area contributed by atoms with Crippen LogP contribution in [0.15, 0.2) is 12.1 Å². The van der Waals surface area contributed by atoms with E-state index < -0.39 is 6.10 Å². The minimum atomic E-state index is -0.477. The van der Waals surface area contributed by atoms with Gasteiger partial charge in [0.2, 0.25) is 5.91 Å². The number of aliphatic hydroxyl groups is 1. The van der Waals surface area contributed by atoms with Gasteiger partial charge < -0.3 is 10.4 Å². The van der Waals surface area contributed by atoms with Gasteiger partial charge in [-0.2, -0.15) is 0 Å². The van der Waals surface area contributed by atoms with Crippen LogP contribution in [-0.4, -0.2) is 23.7 Å². The number of carbonyl (C=O) groups is 1. The third-order valence-corrected chi connectivity index (χ3v) is 3.80. The molecule has 1 heterocycles. The predicted molar refractivity (Wildman–Crippen MR) is 71.5 cm³/mol. The number of aliphatic hydroxyl groups excluding tert-OH is 1. The van der Waals surface area contributed by atoms with Crippen molar-refractivity contribution in [3.05, 3.63) is 21.3 Å². The molecule has 2 N–H and O–H groups in total. The minimum Gasteiger partial charge on any atom is -0.391 e. The molecular weight excluding hydrogens is 258 g/mol. The lowest BCUT2D eigenvalue weighted by atomic mass is 10.1. The molecule has 1 aromatic rings. The van der Waals surface area contributed by atoms with E-state index in [1.165, 1.54) is 11.3 Å². The summed E-state index contributed by atoms with van der Waals surface area (Å²) in [5.41, 5.74) is 0. The molecular formula is C12H18ClNO2S. The summed E-state index contributed by atoms with van der Waals surface area (Å²) in [6.45, 7) is 4.16. The average molecular weight is 276 g/mol. The van der Waals surface area contributed by atoms with Gasteiger partial charge >= 0.3 is 0 Å². The first-order valence-corrected chi connectivity index (χ1v) is 6.87. The zero-order valence-corrected chi connectivity index (χ0v) is 11.6. The molecule has 1 unspecified atom stereocenters. The van der Waals surface area contributed by atoms with Crippen molar-refractivity contribution in [2.45, 2.75) is 32.8 Å². The fourth-order valence-electron chi connectivity index (χ4n) is 1.27. The smallest absolute Gasteiger partial charge is 0.220 e. The number of hydrogen-bond acceptors (Lipinski definition) is 3. The molecule has 0 bridgehead atoms. The summed E-state index contributed by atoms with van der Waals surface area (Å²) < 4.78 is 0.746. The van der Waals surface area contributed by atoms with Gasteiger partial charge in [0.15, 0.2) is 0 Å². The zero-order valence-electron chi connectivity index (χ0n) is 10.1. The molecule has 1 amide bonds. The van der Waals surface area contributed by atoms with Crippen molar-refractivity contribution in [2.75, 3.05) is 6.54 Å². The van der Waals surface area contributed by atoms with E-state index in [2.05, 4.69) is 5.32 Å². The van der Waals surface area contributed by atoms with Gasteiger partial charge in [-0.3, -0.25) is 4.79 Å². The highest BCUT2D eigenvalue weighted by atomic mass is 35.5. The molecule has 0 aliphatic carbocycles. The van der Waals surface area contributed by atoms with Gasteiger partial charge in [-0.25, -0.2) is 0 Å². The molecule has 0 radical (unpaired) electrons. The SMILES string of the molecule is CC(C)C(O)CNC(=O)CCc1ccc(Cl)s1. The highest BCUT2D eigenvalue weighted by Crippen LogP contribution is 2.22. The Balaban J connectivity index is 2.22. The number of carbonyl (C=O) groups excluding carboxylic acids is 1. The molecule has 0 aliphatic heterocycles. The lowest BCUT2D eigenvalue weighted by Gasteiger charge is -2.14. The van der Waals surface area contributed by atoms with E-state index in [4.69, 9.17) is 11.6 Å². The van der Waals surface area contributed by atoms with Crippen molar-refractivity contribution in [2.24, 2.45) is 5.92 Å². The second-order valence-electron chi connectivity index (χ2n) is 4.32. The topological polar surface area (TPSA) is 49.3 Å². The second-order valence-corrected chi connectivity index (χ2v) is 6.12. The van der Waals surface area contributed by atoms with Gasteiger partial charge in [0.1, 0.15) is 0 Å². The predicted octanol–water partition coefficient (Wildman–Crippen LogP) is 2.47. The summed E-state index contributed by atoms with van der Waals surface area (Å²) in [5, 5.41) is 12.3. The standard InChI is InChI=1S/C12H18ClNO2S/c1-8(2)10(15)7-14-12(16)6-4-9-3-5-11(13)17-9/h3,5,8,10,15H,4,6-7H2,1-2H3,(H,14,16). The van der Waals surface area contributed by atoms with Gasteiger partial charge in [-0.15, -0.1) is 11.3 Å². The average Bonchev–Trinajstić information content (AvgIpc) is 2.69. The Kier molecular flexibility index (Phi) is 5.95. The summed E-state index contributed by atoms with van der Waals surface area (Å²) >= 11 is 7.29. The number of thiophene rings is 1. The first kappa shape index (κ1) is 14.5. The molecule has 0 saturated carbocycles. The van der Waals surface area contributed by atoms with Crippen LogP contribution in [-0.2, 0) is 11.2 Å². The van der Waals surface area contributed by atoms with E-state index in [9.17, 15) is 9.90 Å². The summed E-state index contributed by atoms with van der Waals surface area (Å²) in [6.07, 6.45) is 0.651. The van der Waals surface area contributed by atoms with Crippen molar-refractivity contribution in [3.8, 4) is 0 Å². The molecule has 17 heavy (non-hydrogen) atoms. The summed E-state index contributed by atoms with van der Waals surface area (Å²) in [5.74, 6) is 0.126. The van der Waals surface area contributed by atoms with E-state index >= 15 is 0 Å². The van der Waals surface area contributed by atoms with Gasteiger partial charge in [-0.05, 0) is 24.5 Å². The quantitative estimate of drug-likeness (QED) is 0.838. The highest BCUT2D eigenvalue weighted by molar-refractivity contribution is 7.16. The van der Waals surface area contributed by atoms with Gasteiger partial charge in [0.25, 0.3) is 0 Å². The Hall–Kier alpha value is -0.580. The molecule has 1 atom stereocenters. The van der Waals surface area contributed by atoms with E-state index in [1.807, 2.05) is 26.0 Å². The van der Waals surface area contributed by atoms with Crippen LogP contribution in [0.2, 0.25) is 4.34 Å². The third kappa shape index (κ3) is 5.52. The van der Waals surface area contributed by atoms with Crippen molar-refractivity contribution in [1.82, 2.24) is 5.32 Å². The Morgan fingerprint density at radius 2 is 2.24 bits per heavy atom. The molecule has 0 fully saturated rings. The lowest BCUT2D eigenvalue weighted by Crippen LogP contribution is -2.34. The molecule has 1 rings (SSSR count). The lowest BCUT2D eigenvalue weighted by molar-refractivity contribution is -0.121. The molecule has 0 saturated heterocycles. The molecule has 5 heteroatoms. The van der Waals surface area contributed by atoms with E-state index in [0.29, 0.717) is 19.4 Å². The maximum absolute atomic E-state index is 11.5. The summed E-state index contributed by atoms with van der Waals surface area (Å²) in [6, 6.07) is 3.77. The molecule has 0 aliphatic rings. The Bertz CT molecular complexity index is 365. The number of amides is 1. The van der Waals surface area contributed by atoms with Crippen LogP contribution in [0.1, 0.15) is 25.1 Å². The van der Waals surface area contributed by atoms with Crippen LogP contribution in [0.25, 0.3) is 0 Å². The normalized spacial score (nSPS) is 12.8. The zero-order chi connectivity index (χ0) is 12.8. The Labute approximate surface area is 111 Å². The Morgan fingerprint density at radius 3 is 2.76 bits per heavy atom. The summed E-state index contributed by atoms with van der Waals surface area (Å²) in [4.78, 5) is 12.6. The van der Waals surface area contributed by atoms with Crippen LogP contribution < -0.4 is 5.32 Å². The summed E-state index contributed by atoms with van der Waals surface area (Å²) in [7, 11) is 0. The van der Waals surface area contributed by atoms with Crippen molar-refractivity contribution in [1.29, 1.82) is 0 Å². The molecule has 0 spiro atoms. The second kappa shape index (κ2) is 6.99. The monoisotopic (exact) mass is 275 g/mol. The maximum atomic E-state index is 11.5. The van der Waals surface area contributed by atoms with Crippen molar-refractivity contribution >= 4 is 28.8 Å². The van der Waals surface area contributed by atoms with Crippen molar-refractivity contribution in [3.63, 3.8) is 0 Å². The van der Waals surface area contributed by atoms with E-state index in [0.717, 1.165) is 9.21 Å². The van der Waals surface area contributed by atoms with Crippen molar-refractivity contribution < 1.29 is 9.90 Å². The van der Waals surface area contributed by atoms with Gasteiger partial charge in [0.05, 0.1) is 10.4 Å². The minimum absolute atomic E-state index is 0.0331. The Morgan fingerprint density at radius 1 is 1.53 bits per heavy atom. The number of rotatable bonds is 6. The van der Waals surface area contributed by atoms with Gasteiger partial charge in [-0.1, -0.05) is 25.4 Å². The number of halogens is 1. The largest absolute Gasteiger partial charge is 0.391 e. The van der Waals surface area contributed by atoms with E-state index in [-0.39, 0.29) is 11.8 Å².